The summed E-state index contributed by atoms with van der Waals surface area (Å²) in [7, 11) is 5.84. The van der Waals surface area contributed by atoms with Crippen LogP contribution in [-0.2, 0) is 6.54 Å². The van der Waals surface area contributed by atoms with E-state index in [9.17, 15) is 0 Å². The molecule has 0 radical (unpaired) electrons. The van der Waals surface area contributed by atoms with Gasteiger partial charge in [0.25, 0.3) is 0 Å². The predicted molar refractivity (Wildman–Crippen MR) is 149 cm³/mol. The summed E-state index contributed by atoms with van der Waals surface area (Å²) in [5.41, 5.74) is 3.91. The van der Waals surface area contributed by atoms with E-state index in [0.29, 0.717) is 5.92 Å². The van der Waals surface area contributed by atoms with Gasteiger partial charge < -0.3 is 16.0 Å². The zero-order valence-electron chi connectivity index (χ0n) is 21.0. The van der Waals surface area contributed by atoms with E-state index in [2.05, 4.69) is 60.1 Å². The van der Waals surface area contributed by atoms with Crippen LogP contribution < -0.4 is 16.0 Å². The summed E-state index contributed by atoms with van der Waals surface area (Å²) in [5, 5.41) is 10.7. The maximum absolute atomic E-state index is 5.69. The Kier molecular flexibility index (Phi) is 19.5. The van der Waals surface area contributed by atoms with Crippen LogP contribution in [0.5, 0.6) is 0 Å². The molecule has 33 heavy (non-hydrogen) atoms. The Morgan fingerprint density at radius 2 is 1.18 bits per heavy atom. The van der Waals surface area contributed by atoms with Crippen LogP contribution in [0.4, 0.5) is 0 Å². The first kappa shape index (κ1) is 31.1. The molecule has 0 bridgehead atoms. The Bertz CT molecular complexity index is 784. The smallest absolute Gasteiger partial charge is 0.0406 e. The molecule has 1 atom stereocenters. The second kappa shape index (κ2) is 20.7. The van der Waals surface area contributed by atoms with Gasteiger partial charge in [-0.2, -0.15) is 0 Å². The Hall–Kier alpha value is -1.88. The molecule has 0 saturated heterocycles. The van der Waals surface area contributed by atoms with Crippen molar-refractivity contribution in [3.05, 3.63) is 106 Å². The van der Waals surface area contributed by atoms with Crippen LogP contribution >= 0.6 is 23.2 Å². The number of halogens is 2. The van der Waals surface area contributed by atoms with Gasteiger partial charge in [0.05, 0.1) is 0 Å². The van der Waals surface area contributed by atoms with Crippen molar-refractivity contribution >= 4 is 23.2 Å². The lowest BCUT2D eigenvalue weighted by molar-refractivity contribution is 0.678. The van der Waals surface area contributed by atoms with Crippen molar-refractivity contribution in [1.29, 1.82) is 0 Å². The molecule has 1 unspecified atom stereocenters. The summed E-state index contributed by atoms with van der Waals surface area (Å²) >= 11 is 11.3. The third-order valence-electron chi connectivity index (χ3n) is 4.54. The number of aryl methyl sites for hydroxylation is 1. The van der Waals surface area contributed by atoms with E-state index < -0.39 is 0 Å². The van der Waals surface area contributed by atoms with E-state index >= 15 is 0 Å². The summed E-state index contributed by atoms with van der Waals surface area (Å²) < 4.78 is 0. The van der Waals surface area contributed by atoms with Crippen LogP contribution in [0.1, 0.15) is 36.5 Å². The summed E-state index contributed by atoms with van der Waals surface area (Å²) in [5.74, 6) is 0.612. The number of hydrogen-bond acceptors (Lipinski definition) is 3. The monoisotopic (exact) mass is 489 g/mol. The van der Waals surface area contributed by atoms with Crippen LogP contribution in [0.3, 0.4) is 0 Å². The Balaban J connectivity index is 0.000000435. The fourth-order valence-corrected chi connectivity index (χ4v) is 2.80. The van der Waals surface area contributed by atoms with Gasteiger partial charge in [-0.15, -0.1) is 0 Å². The number of benzene rings is 3. The topological polar surface area (TPSA) is 36.1 Å². The molecule has 0 fully saturated rings. The molecule has 0 spiro atoms. The van der Waals surface area contributed by atoms with Crippen molar-refractivity contribution in [3.8, 4) is 0 Å². The molecule has 0 heterocycles. The molecular weight excluding hydrogens is 449 g/mol. The van der Waals surface area contributed by atoms with Gasteiger partial charge in [0.15, 0.2) is 0 Å². The first-order valence-electron chi connectivity index (χ1n) is 11.3. The molecule has 3 N–H and O–H groups in total. The number of hydrogen-bond donors (Lipinski definition) is 3. The van der Waals surface area contributed by atoms with Gasteiger partial charge in [-0.1, -0.05) is 97.2 Å². The van der Waals surface area contributed by atoms with Gasteiger partial charge in [0, 0.05) is 23.1 Å². The van der Waals surface area contributed by atoms with E-state index in [-0.39, 0.29) is 0 Å². The molecule has 3 aromatic carbocycles. The normalized spacial score (nSPS) is 10.4. The Morgan fingerprint density at radius 3 is 1.58 bits per heavy atom. The van der Waals surface area contributed by atoms with E-state index in [0.717, 1.165) is 29.7 Å². The Labute approximate surface area is 211 Å². The van der Waals surface area contributed by atoms with Crippen molar-refractivity contribution < 1.29 is 0 Å². The maximum atomic E-state index is 5.69. The SMILES string of the molecule is CCNC.CNCC(C)c1ccccc1.CNCc1ccc(Cl)cc1.Cc1ccc(Cl)cc1. The molecule has 0 aliphatic carbocycles. The second-order valence-corrected chi connectivity index (χ2v) is 8.40. The van der Waals surface area contributed by atoms with E-state index in [1.165, 1.54) is 16.7 Å². The van der Waals surface area contributed by atoms with Gasteiger partial charge in [-0.05, 0) is 75.9 Å². The molecule has 0 aliphatic heterocycles. The first-order chi connectivity index (χ1) is 15.9. The first-order valence-corrected chi connectivity index (χ1v) is 12.1. The predicted octanol–water partition coefficient (Wildman–Crippen LogP) is 6.94. The van der Waals surface area contributed by atoms with Gasteiger partial charge >= 0.3 is 0 Å². The summed E-state index contributed by atoms with van der Waals surface area (Å²) in [6.45, 7) is 9.35. The van der Waals surface area contributed by atoms with Gasteiger partial charge in [-0.3, -0.25) is 0 Å². The van der Waals surface area contributed by atoms with Crippen LogP contribution in [0.15, 0.2) is 78.9 Å². The number of nitrogens with one attached hydrogen (secondary N) is 3. The van der Waals surface area contributed by atoms with Crippen molar-refractivity contribution in [2.45, 2.75) is 33.2 Å². The molecule has 182 valence electrons. The minimum atomic E-state index is 0.612. The second-order valence-electron chi connectivity index (χ2n) is 7.53. The average molecular weight is 491 g/mol. The maximum Gasteiger partial charge on any atom is 0.0406 e. The van der Waals surface area contributed by atoms with E-state index in [1.54, 1.807) is 0 Å². The van der Waals surface area contributed by atoms with Gasteiger partial charge in [0.2, 0.25) is 0 Å². The third kappa shape index (κ3) is 17.3. The molecular formula is C28H41Cl2N3. The van der Waals surface area contributed by atoms with Crippen LogP contribution in [0.2, 0.25) is 10.0 Å². The van der Waals surface area contributed by atoms with E-state index in [4.69, 9.17) is 23.2 Å². The average Bonchev–Trinajstić information content (AvgIpc) is 2.84. The van der Waals surface area contributed by atoms with Crippen LogP contribution in [0, 0.1) is 6.92 Å². The zero-order chi connectivity index (χ0) is 24.9. The van der Waals surface area contributed by atoms with Crippen molar-refractivity contribution in [1.82, 2.24) is 16.0 Å². The summed E-state index contributed by atoms with van der Waals surface area (Å²) in [6, 6.07) is 26.1. The molecule has 0 saturated carbocycles. The molecule has 3 aromatic rings. The standard InChI is InChI=1S/C10H15N.C8H10ClN.C7H7Cl.C3H9N/c1-9(8-11-2)10-6-4-3-5-7-10;1-10-6-7-2-4-8(9)5-3-7;1-6-2-4-7(8)5-3-6;1-3-4-2/h3-7,9,11H,8H2,1-2H3;2-5,10H,6H2,1H3;2-5H,1H3;4H,3H2,1-2H3. The highest BCUT2D eigenvalue weighted by atomic mass is 35.5. The molecule has 0 aromatic heterocycles. The molecule has 5 heteroatoms. The summed E-state index contributed by atoms with van der Waals surface area (Å²) in [6.07, 6.45) is 0. The largest absolute Gasteiger partial charge is 0.320 e. The minimum absolute atomic E-state index is 0.612. The molecule has 0 aliphatic rings. The lowest BCUT2D eigenvalue weighted by Crippen LogP contribution is -2.14. The lowest BCUT2D eigenvalue weighted by atomic mass is 10.0. The number of likely N-dealkylation sites (N-methyl/N-ethyl adjacent to an activating group) is 1. The fraction of sp³-hybridized carbons (Fsp3) is 0.357. The van der Waals surface area contributed by atoms with Crippen LogP contribution in [-0.4, -0.2) is 34.2 Å². The third-order valence-corrected chi connectivity index (χ3v) is 5.04. The van der Waals surface area contributed by atoms with Gasteiger partial charge in [0.1, 0.15) is 0 Å². The molecule has 0 amide bonds. The minimum Gasteiger partial charge on any atom is -0.320 e. The number of rotatable bonds is 6. The highest BCUT2D eigenvalue weighted by molar-refractivity contribution is 6.30. The van der Waals surface area contributed by atoms with Crippen molar-refractivity contribution in [2.75, 3.05) is 34.2 Å². The van der Waals surface area contributed by atoms with Gasteiger partial charge in [-0.25, -0.2) is 0 Å². The summed E-state index contributed by atoms with van der Waals surface area (Å²) in [4.78, 5) is 0. The molecule has 3 nitrogen and oxygen atoms in total. The quantitative estimate of drug-likeness (QED) is 0.350. The fourth-order valence-electron chi connectivity index (χ4n) is 2.55. The highest BCUT2D eigenvalue weighted by Gasteiger charge is 2.01. The molecule has 3 rings (SSSR count). The lowest BCUT2D eigenvalue weighted by Gasteiger charge is -2.09. The van der Waals surface area contributed by atoms with Crippen molar-refractivity contribution in [2.24, 2.45) is 0 Å². The highest BCUT2D eigenvalue weighted by Crippen LogP contribution is 2.12. The van der Waals surface area contributed by atoms with E-state index in [1.807, 2.05) is 76.6 Å². The van der Waals surface area contributed by atoms with Crippen molar-refractivity contribution in [3.63, 3.8) is 0 Å². The zero-order valence-corrected chi connectivity index (χ0v) is 22.5. The van der Waals surface area contributed by atoms with Crippen LogP contribution in [0.25, 0.3) is 0 Å². The Morgan fingerprint density at radius 1 is 0.697 bits per heavy atom.